The van der Waals surface area contributed by atoms with Gasteiger partial charge in [0.25, 0.3) is 0 Å². The van der Waals surface area contributed by atoms with Crippen LogP contribution in [0.5, 0.6) is 11.5 Å². The van der Waals surface area contributed by atoms with E-state index in [2.05, 4.69) is 76.9 Å². The van der Waals surface area contributed by atoms with Gasteiger partial charge in [0.1, 0.15) is 24.7 Å². The number of halogens is 4. The van der Waals surface area contributed by atoms with Crippen molar-refractivity contribution in [1.29, 1.82) is 0 Å². The van der Waals surface area contributed by atoms with E-state index in [0.717, 1.165) is 0 Å². The van der Waals surface area contributed by atoms with Crippen molar-refractivity contribution in [2.24, 2.45) is 0 Å². The molecule has 0 aliphatic rings. The third kappa shape index (κ3) is 8.19. The largest absolute Gasteiger partial charge is 0.489 e. The van der Waals surface area contributed by atoms with E-state index in [0.29, 0.717) is 69.0 Å². The number of rotatable bonds is 14. The summed E-state index contributed by atoms with van der Waals surface area (Å²) in [5.41, 5.74) is 0. The Hall–Kier alpha value is -0.690. The maximum atomic E-state index is 13.3. The Kier molecular flexibility index (Phi) is 12.1. The first-order valence-corrected chi connectivity index (χ1v) is 14.2. The molecule has 0 N–H and O–H groups in total. The molecule has 0 saturated heterocycles. The van der Waals surface area contributed by atoms with Crippen molar-refractivity contribution in [1.82, 2.24) is 0 Å². The molecule has 0 fully saturated rings. The average Bonchev–Trinajstić information content (AvgIpc) is 2.76. The molecule has 2 aromatic carbocycles. The Balaban J connectivity index is 2.21. The van der Waals surface area contributed by atoms with Gasteiger partial charge in [0, 0.05) is 0 Å². The third-order valence-electron chi connectivity index (χ3n) is 3.98. The van der Waals surface area contributed by atoms with Gasteiger partial charge >= 0.3 is 0 Å². The van der Waals surface area contributed by atoms with Crippen LogP contribution in [0.15, 0.2) is 77.3 Å². The Morgan fingerprint density at radius 3 is 1.30 bits per heavy atom. The zero-order valence-corrected chi connectivity index (χ0v) is 24.7. The van der Waals surface area contributed by atoms with Crippen molar-refractivity contribution in [3.8, 4) is 11.5 Å². The Morgan fingerprint density at radius 2 is 1.00 bits per heavy atom. The SMILES string of the molecule is C=CCOCCOc1c(Br)cc(S(=O)(=O)c2cc(Br)c(OCCOCC=C)c(Br)c2)cc1Br. The maximum absolute atomic E-state index is 13.3. The summed E-state index contributed by atoms with van der Waals surface area (Å²) in [7, 11) is -3.83. The second-order valence-corrected chi connectivity index (χ2v) is 11.7. The fourth-order valence-electron chi connectivity index (χ4n) is 2.53. The molecule has 0 saturated carbocycles. The standard InChI is InChI=1S/C22H22Br4O6S/c1-3-5-29-7-9-31-21-17(23)11-15(12-18(21)24)33(27,28)16-13-19(25)22(20(26)14-16)32-10-8-30-6-4-2/h3-4,11-14H,1-2,5-10H2. The second-order valence-electron chi connectivity index (χ2n) is 6.36. The first-order valence-electron chi connectivity index (χ1n) is 9.58. The number of benzene rings is 2. The van der Waals surface area contributed by atoms with Crippen LogP contribution < -0.4 is 9.47 Å². The summed E-state index contributed by atoms with van der Waals surface area (Å²) >= 11 is 13.6. The minimum Gasteiger partial charge on any atom is -0.489 e. The van der Waals surface area contributed by atoms with Crippen molar-refractivity contribution >= 4 is 73.6 Å². The van der Waals surface area contributed by atoms with E-state index in [1.807, 2.05) is 0 Å². The highest BCUT2D eigenvalue weighted by atomic mass is 79.9. The Morgan fingerprint density at radius 1 is 0.667 bits per heavy atom. The molecule has 0 bridgehead atoms. The van der Waals surface area contributed by atoms with Crippen LogP contribution >= 0.6 is 63.7 Å². The van der Waals surface area contributed by atoms with Crippen LogP contribution in [0.4, 0.5) is 0 Å². The maximum Gasteiger partial charge on any atom is 0.206 e. The molecule has 2 aromatic rings. The van der Waals surface area contributed by atoms with Crippen LogP contribution in [-0.2, 0) is 19.3 Å². The molecule has 0 amide bonds. The molecule has 0 spiro atoms. The molecule has 0 unspecified atom stereocenters. The molecular formula is C22H22Br4O6S. The molecule has 0 aliphatic carbocycles. The summed E-state index contributed by atoms with van der Waals surface area (Å²) in [6.07, 6.45) is 3.30. The summed E-state index contributed by atoms with van der Waals surface area (Å²) in [5.74, 6) is 0.974. The van der Waals surface area contributed by atoms with Crippen LogP contribution in [0.3, 0.4) is 0 Å². The summed E-state index contributed by atoms with van der Waals surface area (Å²) in [4.78, 5) is 0.198. The first-order chi connectivity index (χ1) is 15.7. The molecule has 33 heavy (non-hydrogen) atoms. The van der Waals surface area contributed by atoms with Crippen molar-refractivity contribution in [3.63, 3.8) is 0 Å². The van der Waals surface area contributed by atoms with Crippen LogP contribution in [0.1, 0.15) is 0 Å². The summed E-state index contributed by atoms with van der Waals surface area (Å²) < 4.78 is 50.6. The zero-order valence-electron chi connectivity index (χ0n) is 17.5. The molecule has 0 heterocycles. The fraction of sp³-hybridized carbons (Fsp3) is 0.273. The van der Waals surface area contributed by atoms with Crippen molar-refractivity contribution in [2.45, 2.75) is 9.79 Å². The third-order valence-corrected chi connectivity index (χ3v) is 8.05. The highest BCUT2D eigenvalue weighted by Crippen LogP contribution is 2.40. The van der Waals surface area contributed by atoms with Crippen LogP contribution in [0.2, 0.25) is 0 Å². The normalized spacial score (nSPS) is 11.3. The van der Waals surface area contributed by atoms with Crippen LogP contribution in [0.25, 0.3) is 0 Å². The summed E-state index contributed by atoms with van der Waals surface area (Å²) in [5, 5.41) is 0. The fourth-order valence-corrected chi connectivity index (χ4v) is 7.34. The first kappa shape index (κ1) is 28.5. The molecular weight excluding hydrogens is 712 g/mol. The van der Waals surface area contributed by atoms with Gasteiger partial charge in [-0.3, -0.25) is 0 Å². The molecule has 6 nitrogen and oxygen atoms in total. The average molecular weight is 734 g/mol. The van der Waals surface area contributed by atoms with Gasteiger partial charge in [-0.15, -0.1) is 13.2 Å². The minimum atomic E-state index is -3.83. The highest BCUT2D eigenvalue weighted by molar-refractivity contribution is 9.11. The summed E-state index contributed by atoms with van der Waals surface area (Å²) in [6.45, 7) is 9.39. The van der Waals surface area contributed by atoms with Gasteiger partial charge in [0.2, 0.25) is 9.84 Å². The molecule has 0 atom stereocenters. The second kappa shape index (κ2) is 14.0. The van der Waals surface area contributed by atoms with Gasteiger partial charge < -0.3 is 18.9 Å². The molecule has 11 heteroatoms. The van der Waals surface area contributed by atoms with E-state index < -0.39 is 9.84 Å². The van der Waals surface area contributed by atoms with Crippen molar-refractivity contribution in [2.75, 3.05) is 39.6 Å². The Labute approximate surface area is 227 Å². The van der Waals surface area contributed by atoms with E-state index in [9.17, 15) is 8.42 Å². The van der Waals surface area contributed by atoms with Gasteiger partial charge in [-0.05, 0) is 88.0 Å². The molecule has 0 radical (unpaired) electrons. The molecule has 0 aromatic heterocycles. The minimum absolute atomic E-state index is 0.0989. The van der Waals surface area contributed by atoms with Gasteiger partial charge in [0.15, 0.2) is 0 Å². The highest BCUT2D eigenvalue weighted by Gasteiger charge is 2.24. The van der Waals surface area contributed by atoms with E-state index in [1.54, 1.807) is 12.2 Å². The number of sulfone groups is 1. The van der Waals surface area contributed by atoms with Crippen LogP contribution in [-0.4, -0.2) is 48.1 Å². The topological polar surface area (TPSA) is 71.1 Å². The lowest BCUT2D eigenvalue weighted by Crippen LogP contribution is -2.09. The van der Waals surface area contributed by atoms with E-state index in [4.69, 9.17) is 18.9 Å². The van der Waals surface area contributed by atoms with E-state index in [-0.39, 0.29) is 9.79 Å². The molecule has 180 valence electrons. The monoisotopic (exact) mass is 730 g/mol. The van der Waals surface area contributed by atoms with Crippen LogP contribution in [0, 0.1) is 0 Å². The predicted molar refractivity (Wildman–Crippen MR) is 142 cm³/mol. The van der Waals surface area contributed by atoms with Crippen molar-refractivity contribution in [3.05, 3.63) is 67.5 Å². The molecule has 2 rings (SSSR count). The quantitative estimate of drug-likeness (QED) is 0.159. The lowest BCUT2D eigenvalue weighted by molar-refractivity contribution is 0.120. The number of hydrogen-bond acceptors (Lipinski definition) is 6. The molecule has 0 aliphatic heterocycles. The van der Waals surface area contributed by atoms with Gasteiger partial charge in [-0.2, -0.15) is 0 Å². The van der Waals surface area contributed by atoms with E-state index in [1.165, 1.54) is 24.3 Å². The number of hydrogen-bond donors (Lipinski definition) is 0. The van der Waals surface area contributed by atoms with Gasteiger partial charge in [0.05, 0.1) is 54.1 Å². The zero-order chi connectivity index (χ0) is 24.4. The van der Waals surface area contributed by atoms with E-state index >= 15 is 0 Å². The van der Waals surface area contributed by atoms with Gasteiger partial charge in [-0.1, -0.05) is 12.2 Å². The smallest absolute Gasteiger partial charge is 0.206 e. The van der Waals surface area contributed by atoms with Crippen molar-refractivity contribution < 1.29 is 27.4 Å². The number of ether oxygens (including phenoxy) is 4. The lowest BCUT2D eigenvalue weighted by atomic mass is 10.3. The predicted octanol–water partition coefficient (Wildman–Crippen LogP) is 6.73. The lowest BCUT2D eigenvalue weighted by Gasteiger charge is -2.15. The van der Waals surface area contributed by atoms with Gasteiger partial charge in [-0.25, -0.2) is 8.42 Å². The Bertz CT molecular complexity index is 963. The summed E-state index contributed by atoms with van der Waals surface area (Å²) in [6, 6.07) is 6.01.